The molecule has 1 aromatic heterocycles. The number of aromatic nitrogens is 1. The third kappa shape index (κ3) is 4.70. The minimum absolute atomic E-state index is 0.0616. The van der Waals surface area contributed by atoms with E-state index < -0.39 is 0 Å². The van der Waals surface area contributed by atoms with Crippen molar-refractivity contribution in [3.05, 3.63) is 24.0 Å². The van der Waals surface area contributed by atoms with Gasteiger partial charge in [-0.05, 0) is 44.4 Å². The lowest BCUT2D eigenvalue weighted by atomic mass is 9.92. The molecule has 4 rings (SSSR count). The maximum Gasteiger partial charge on any atom is 0.272 e. The number of ether oxygens (including phenoxy) is 1. The van der Waals surface area contributed by atoms with Gasteiger partial charge in [-0.3, -0.25) is 14.5 Å². The minimum Gasteiger partial charge on any atom is -0.506 e. The van der Waals surface area contributed by atoms with Gasteiger partial charge in [0.25, 0.3) is 5.91 Å². The number of piperidine rings is 2. The number of aromatic hydroxyl groups is 1. The Labute approximate surface area is 171 Å². The van der Waals surface area contributed by atoms with Gasteiger partial charge in [-0.15, -0.1) is 0 Å². The molecule has 29 heavy (non-hydrogen) atoms. The molecule has 0 radical (unpaired) electrons. The van der Waals surface area contributed by atoms with Crippen LogP contribution in [0.25, 0.3) is 0 Å². The van der Waals surface area contributed by atoms with Gasteiger partial charge in [0.2, 0.25) is 5.91 Å². The van der Waals surface area contributed by atoms with E-state index >= 15 is 0 Å². The number of nitrogens with zero attached hydrogens (tertiary/aromatic N) is 4. The number of pyridine rings is 1. The number of carbonyl (C=O) groups is 2. The summed E-state index contributed by atoms with van der Waals surface area (Å²) in [6, 6.07) is 3.48. The number of rotatable bonds is 3. The molecule has 0 aliphatic carbocycles. The van der Waals surface area contributed by atoms with Crippen LogP contribution >= 0.6 is 0 Å². The van der Waals surface area contributed by atoms with E-state index in [-0.39, 0.29) is 23.5 Å². The Morgan fingerprint density at radius 2 is 1.76 bits per heavy atom. The smallest absolute Gasteiger partial charge is 0.272 e. The molecule has 1 N–H and O–H groups in total. The molecule has 4 heterocycles. The number of morpholine rings is 1. The molecule has 3 fully saturated rings. The fourth-order valence-electron chi connectivity index (χ4n) is 4.69. The first-order valence-electron chi connectivity index (χ1n) is 10.7. The summed E-state index contributed by atoms with van der Waals surface area (Å²) in [5.74, 6) is 0.348. The van der Waals surface area contributed by atoms with Crippen molar-refractivity contribution in [2.24, 2.45) is 5.92 Å². The molecule has 0 bridgehead atoms. The van der Waals surface area contributed by atoms with E-state index in [1.165, 1.54) is 12.3 Å². The van der Waals surface area contributed by atoms with Crippen LogP contribution in [-0.4, -0.2) is 95.1 Å². The molecule has 0 unspecified atom stereocenters. The van der Waals surface area contributed by atoms with E-state index in [9.17, 15) is 14.7 Å². The van der Waals surface area contributed by atoms with Crippen LogP contribution in [0, 0.1) is 5.92 Å². The van der Waals surface area contributed by atoms with Crippen LogP contribution in [0.4, 0.5) is 0 Å². The summed E-state index contributed by atoms with van der Waals surface area (Å²) >= 11 is 0. The summed E-state index contributed by atoms with van der Waals surface area (Å²) in [5, 5.41) is 9.35. The summed E-state index contributed by atoms with van der Waals surface area (Å²) < 4.78 is 5.37. The normalized spacial score (nSPS) is 24.5. The molecular weight excluding hydrogens is 372 g/mol. The summed E-state index contributed by atoms with van der Waals surface area (Å²) in [5.41, 5.74) is 0.371. The van der Waals surface area contributed by atoms with E-state index in [1.54, 1.807) is 6.07 Å². The molecule has 8 heteroatoms. The molecule has 0 saturated carbocycles. The predicted octanol–water partition coefficient (Wildman–Crippen LogP) is 0.963. The Morgan fingerprint density at radius 1 is 1.00 bits per heavy atom. The van der Waals surface area contributed by atoms with Gasteiger partial charge in [-0.25, -0.2) is 4.98 Å². The van der Waals surface area contributed by atoms with Gasteiger partial charge in [0, 0.05) is 38.8 Å². The van der Waals surface area contributed by atoms with Gasteiger partial charge in [0.05, 0.1) is 25.3 Å². The number of likely N-dealkylation sites (tertiary alicyclic amines) is 2. The lowest BCUT2D eigenvalue weighted by molar-refractivity contribution is -0.141. The molecule has 2 amide bonds. The highest BCUT2D eigenvalue weighted by Gasteiger charge is 2.34. The Balaban J connectivity index is 1.29. The molecule has 3 aliphatic heterocycles. The second-order valence-electron chi connectivity index (χ2n) is 8.20. The highest BCUT2D eigenvalue weighted by atomic mass is 16.5. The Bertz CT molecular complexity index is 712. The minimum atomic E-state index is -0.0811. The summed E-state index contributed by atoms with van der Waals surface area (Å²) in [6.07, 6.45) is 5.16. The topological polar surface area (TPSA) is 86.2 Å². The average molecular weight is 402 g/mol. The molecule has 8 nitrogen and oxygen atoms in total. The van der Waals surface area contributed by atoms with Crippen LogP contribution in [0.15, 0.2) is 18.3 Å². The van der Waals surface area contributed by atoms with Crippen LogP contribution in [0.5, 0.6) is 5.75 Å². The van der Waals surface area contributed by atoms with Crippen LogP contribution in [-0.2, 0) is 9.53 Å². The molecule has 1 atom stereocenters. The number of carbonyl (C=O) groups excluding carboxylic acids is 2. The van der Waals surface area contributed by atoms with Crippen LogP contribution < -0.4 is 0 Å². The van der Waals surface area contributed by atoms with Crippen molar-refractivity contribution in [3.8, 4) is 5.75 Å². The number of hydrogen-bond donors (Lipinski definition) is 1. The first-order chi connectivity index (χ1) is 14.1. The van der Waals surface area contributed by atoms with Gasteiger partial charge in [-0.1, -0.05) is 0 Å². The zero-order valence-electron chi connectivity index (χ0n) is 16.8. The predicted molar refractivity (Wildman–Crippen MR) is 107 cm³/mol. The van der Waals surface area contributed by atoms with Gasteiger partial charge in [0.15, 0.2) is 0 Å². The summed E-state index contributed by atoms with van der Waals surface area (Å²) in [7, 11) is 0. The van der Waals surface area contributed by atoms with Crippen molar-refractivity contribution in [2.75, 3.05) is 52.5 Å². The van der Waals surface area contributed by atoms with E-state index in [0.29, 0.717) is 51.1 Å². The maximum atomic E-state index is 12.9. The molecule has 0 aromatic carbocycles. The molecule has 1 aromatic rings. The van der Waals surface area contributed by atoms with E-state index in [0.717, 1.165) is 38.8 Å². The SMILES string of the molecule is O=C(c1ccc(O)cn1)N1CCC(N2CCC[C@@H](C(=O)N3CCOCC3)C2)CC1. The molecule has 158 valence electrons. The van der Waals surface area contributed by atoms with E-state index in [4.69, 9.17) is 4.74 Å². The van der Waals surface area contributed by atoms with Crippen molar-refractivity contribution in [1.82, 2.24) is 19.7 Å². The largest absolute Gasteiger partial charge is 0.506 e. The van der Waals surface area contributed by atoms with Crippen molar-refractivity contribution in [1.29, 1.82) is 0 Å². The molecule has 3 aliphatic rings. The van der Waals surface area contributed by atoms with Crippen molar-refractivity contribution in [3.63, 3.8) is 0 Å². The first kappa shape index (κ1) is 20.1. The third-order valence-corrected chi connectivity index (χ3v) is 6.36. The fourth-order valence-corrected chi connectivity index (χ4v) is 4.69. The average Bonchev–Trinajstić information content (AvgIpc) is 2.79. The van der Waals surface area contributed by atoms with Gasteiger partial charge in [0.1, 0.15) is 11.4 Å². The lowest BCUT2D eigenvalue weighted by Gasteiger charge is -2.43. The monoisotopic (exact) mass is 402 g/mol. The molecule has 0 spiro atoms. The summed E-state index contributed by atoms with van der Waals surface area (Å²) in [4.78, 5) is 35.8. The number of hydrogen-bond acceptors (Lipinski definition) is 6. The Kier molecular flexibility index (Phi) is 6.30. The van der Waals surface area contributed by atoms with Crippen LogP contribution in [0.2, 0.25) is 0 Å². The van der Waals surface area contributed by atoms with Gasteiger partial charge >= 0.3 is 0 Å². The Hall–Kier alpha value is -2.19. The maximum absolute atomic E-state index is 12.9. The van der Waals surface area contributed by atoms with Crippen LogP contribution in [0.1, 0.15) is 36.2 Å². The summed E-state index contributed by atoms with van der Waals surface area (Å²) in [6.45, 7) is 5.96. The highest BCUT2D eigenvalue weighted by Crippen LogP contribution is 2.26. The van der Waals surface area contributed by atoms with E-state index in [2.05, 4.69) is 9.88 Å². The van der Waals surface area contributed by atoms with Crippen molar-refractivity contribution < 1.29 is 19.4 Å². The van der Waals surface area contributed by atoms with Gasteiger partial charge < -0.3 is 19.6 Å². The standard InChI is InChI=1S/C21H30N4O4/c26-18-3-4-19(22-14-18)21(28)23-8-5-17(6-9-23)25-7-1-2-16(15-25)20(27)24-10-12-29-13-11-24/h3-4,14,16-17,26H,1-2,5-13,15H2/t16-/m1/s1. The Morgan fingerprint density at radius 3 is 2.45 bits per heavy atom. The molecule has 3 saturated heterocycles. The highest BCUT2D eigenvalue weighted by molar-refractivity contribution is 5.92. The molecular formula is C21H30N4O4. The third-order valence-electron chi connectivity index (χ3n) is 6.36. The van der Waals surface area contributed by atoms with Gasteiger partial charge in [-0.2, -0.15) is 0 Å². The van der Waals surface area contributed by atoms with Crippen molar-refractivity contribution in [2.45, 2.75) is 31.7 Å². The lowest BCUT2D eigenvalue weighted by Crippen LogP contribution is -2.53. The second kappa shape index (κ2) is 9.09. The van der Waals surface area contributed by atoms with E-state index in [1.807, 2.05) is 9.80 Å². The number of amides is 2. The fraction of sp³-hybridized carbons (Fsp3) is 0.667. The zero-order valence-corrected chi connectivity index (χ0v) is 16.8. The van der Waals surface area contributed by atoms with Crippen LogP contribution in [0.3, 0.4) is 0 Å². The van der Waals surface area contributed by atoms with Crippen molar-refractivity contribution >= 4 is 11.8 Å². The first-order valence-corrected chi connectivity index (χ1v) is 10.7. The second-order valence-corrected chi connectivity index (χ2v) is 8.20. The zero-order chi connectivity index (χ0) is 20.2. The quantitative estimate of drug-likeness (QED) is 0.811.